The number of hydrogen-bond acceptors (Lipinski definition) is 0. The number of hydrogen-bond donors (Lipinski definition) is 0. The lowest BCUT2D eigenvalue weighted by molar-refractivity contribution is 0.607. The van der Waals surface area contributed by atoms with Crippen LogP contribution in [0.2, 0.25) is 0 Å². The van der Waals surface area contributed by atoms with E-state index in [1.807, 2.05) is 0 Å². The van der Waals surface area contributed by atoms with Crippen LogP contribution in [0.3, 0.4) is 0 Å². The van der Waals surface area contributed by atoms with Crippen LogP contribution in [0.15, 0.2) is 48.5 Å². The molecule has 2 aromatic carbocycles. The standard InChI is InChI=1S/C22H30/c1-3-4-5-6-7-8-12-20-13-10-15-22(17-20)18-21-14-9-11-19(2)16-21/h9-11,13-17H,3-8,12,18H2,1-2H3. The van der Waals surface area contributed by atoms with Crippen LogP contribution in [-0.4, -0.2) is 0 Å². The van der Waals surface area contributed by atoms with Gasteiger partial charge in [0.2, 0.25) is 0 Å². The summed E-state index contributed by atoms with van der Waals surface area (Å²) >= 11 is 0. The maximum atomic E-state index is 2.40. The molecule has 0 saturated heterocycles. The molecule has 0 radical (unpaired) electrons. The first-order valence-electron chi connectivity index (χ1n) is 8.91. The molecule has 0 aliphatic carbocycles. The van der Waals surface area contributed by atoms with Crippen LogP contribution in [0.1, 0.15) is 67.7 Å². The average Bonchev–Trinajstić information content (AvgIpc) is 2.51. The van der Waals surface area contributed by atoms with E-state index in [2.05, 4.69) is 62.4 Å². The lowest BCUT2D eigenvalue weighted by Gasteiger charge is -2.07. The van der Waals surface area contributed by atoms with Crippen molar-refractivity contribution >= 4 is 0 Å². The summed E-state index contributed by atoms with van der Waals surface area (Å²) in [5, 5.41) is 0. The fourth-order valence-electron chi connectivity index (χ4n) is 3.06. The van der Waals surface area contributed by atoms with Gasteiger partial charge in [0.15, 0.2) is 0 Å². The van der Waals surface area contributed by atoms with E-state index in [0.29, 0.717) is 0 Å². The van der Waals surface area contributed by atoms with Gasteiger partial charge in [0.25, 0.3) is 0 Å². The lowest BCUT2D eigenvalue weighted by Crippen LogP contribution is -1.92. The second kappa shape index (κ2) is 9.46. The molecule has 0 heteroatoms. The Balaban J connectivity index is 1.82. The smallest absolute Gasteiger partial charge is 0.00256 e. The zero-order chi connectivity index (χ0) is 15.6. The van der Waals surface area contributed by atoms with E-state index in [1.54, 1.807) is 0 Å². The molecule has 118 valence electrons. The zero-order valence-electron chi connectivity index (χ0n) is 14.3. The van der Waals surface area contributed by atoms with E-state index in [4.69, 9.17) is 0 Å². The molecular weight excluding hydrogens is 264 g/mol. The van der Waals surface area contributed by atoms with Crippen LogP contribution in [0.5, 0.6) is 0 Å². The summed E-state index contributed by atoms with van der Waals surface area (Å²) in [5.74, 6) is 0. The van der Waals surface area contributed by atoms with Crippen molar-refractivity contribution in [1.29, 1.82) is 0 Å². The summed E-state index contributed by atoms with van der Waals surface area (Å²) in [6.45, 7) is 4.44. The van der Waals surface area contributed by atoms with Gasteiger partial charge in [-0.05, 0) is 42.9 Å². The first kappa shape index (κ1) is 16.8. The molecule has 0 amide bonds. The van der Waals surface area contributed by atoms with Crippen molar-refractivity contribution in [3.05, 3.63) is 70.8 Å². The van der Waals surface area contributed by atoms with E-state index < -0.39 is 0 Å². The van der Waals surface area contributed by atoms with Crippen LogP contribution in [-0.2, 0) is 12.8 Å². The van der Waals surface area contributed by atoms with Gasteiger partial charge in [0, 0.05) is 0 Å². The molecule has 22 heavy (non-hydrogen) atoms. The van der Waals surface area contributed by atoms with Gasteiger partial charge in [-0.1, -0.05) is 93.1 Å². The van der Waals surface area contributed by atoms with Crippen LogP contribution in [0.25, 0.3) is 0 Å². The minimum atomic E-state index is 1.05. The van der Waals surface area contributed by atoms with Crippen molar-refractivity contribution in [3.63, 3.8) is 0 Å². The molecule has 0 spiro atoms. The molecule has 2 rings (SSSR count). The Morgan fingerprint density at radius 2 is 1.32 bits per heavy atom. The number of aryl methyl sites for hydroxylation is 2. The molecule has 0 aliphatic heterocycles. The Hall–Kier alpha value is -1.56. The molecule has 0 atom stereocenters. The van der Waals surface area contributed by atoms with Crippen LogP contribution in [0.4, 0.5) is 0 Å². The molecule has 0 aliphatic rings. The van der Waals surface area contributed by atoms with Crippen LogP contribution in [0, 0.1) is 6.92 Å². The Kier molecular flexibility index (Phi) is 7.22. The molecule has 0 aromatic heterocycles. The van der Waals surface area contributed by atoms with Gasteiger partial charge in [-0.3, -0.25) is 0 Å². The monoisotopic (exact) mass is 294 g/mol. The molecule has 0 fully saturated rings. The van der Waals surface area contributed by atoms with Gasteiger partial charge in [-0.2, -0.15) is 0 Å². The summed E-state index contributed by atoms with van der Waals surface area (Å²) in [7, 11) is 0. The molecule has 0 N–H and O–H groups in total. The summed E-state index contributed by atoms with van der Waals surface area (Å²) in [6.07, 6.45) is 10.5. The highest BCUT2D eigenvalue weighted by Crippen LogP contribution is 2.15. The van der Waals surface area contributed by atoms with E-state index >= 15 is 0 Å². The Morgan fingerprint density at radius 1 is 0.682 bits per heavy atom. The second-order valence-electron chi connectivity index (χ2n) is 6.50. The minimum absolute atomic E-state index is 1.05. The predicted octanol–water partition coefficient (Wildman–Crippen LogP) is 6.49. The van der Waals surface area contributed by atoms with Crippen molar-refractivity contribution < 1.29 is 0 Å². The van der Waals surface area contributed by atoms with Gasteiger partial charge in [-0.15, -0.1) is 0 Å². The minimum Gasteiger partial charge on any atom is -0.0654 e. The summed E-state index contributed by atoms with van der Waals surface area (Å²) < 4.78 is 0. The quantitative estimate of drug-likeness (QED) is 0.464. The van der Waals surface area contributed by atoms with E-state index in [-0.39, 0.29) is 0 Å². The number of unbranched alkanes of at least 4 members (excludes halogenated alkanes) is 5. The van der Waals surface area contributed by atoms with Gasteiger partial charge in [-0.25, -0.2) is 0 Å². The van der Waals surface area contributed by atoms with Gasteiger partial charge in [0.05, 0.1) is 0 Å². The topological polar surface area (TPSA) is 0 Å². The van der Waals surface area contributed by atoms with Crippen molar-refractivity contribution in [2.24, 2.45) is 0 Å². The lowest BCUT2D eigenvalue weighted by atomic mass is 9.99. The van der Waals surface area contributed by atoms with Crippen molar-refractivity contribution in [3.8, 4) is 0 Å². The van der Waals surface area contributed by atoms with Crippen molar-refractivity contribution in [2.45, 2.75) is 65.2 Å². The van der Waals surface area contributed by atoms with Crippen molar-refractivity contribution in [1.82, 2.24) is 0 Å². The van der Waals surface area contributed by atoms with Gasteiger partial charge in [0.1, 0.15) is 0 Å². The highest BCUT2D eigenvalue weighted by atomic mass is 14.0. The average molecular weight is 294 g/mol. The number of benzene rings is 2. The SMILES string of the molecule is CCCCCCCCc1cccc(Cc2cccc(C)c2)c1. The summed E-state index contributed by atoms with van der Waals surface area (Å²) in [6, 6.07) is 18.0. The molecule has 0 saturated carbocycles. The maximum Gasteiger partial charge on any atom is -0.00256 e. The summed E-state index contributed by atoms with van der Waals surface area (Å²) in [5.41, 5.74) is 5.70. The Labute approximate surface area is 136 Å². The third kappa shape index (κ3) is 6.05. The van der Waals surface area contributed by atoms with Crippen LogP contribution < -0.4 is 0 Å². The fourth-order valence-corrected chi connectivity index (χ4v) is 3.06. The van der Waals surface area contributed by atoms with E-state index in [9.17, 15) is 0 Å². The normalized spacial score (nSPS) is 10.8. The number of rotatable bonds is 9. The zero-order valence-corrected chi connectivity index (χ0v) is 14.3. The maximum absolute atomic E-state index is 2.40. The third-order valence-corrected chi connectivity index (χ3v) is 4.30. The molecular formula is C22H30. The molecule has 0 bridgehead atoms. The Morgan fingerprint density at radius 3 is 2.09 bits per heavy atom. The molecule has 0 heterocycles. The largest absolute Gasteiger partial charge is 0.0654 e. The van der Waals surface area contributed by atoms with Crippen molar-refractivity contribution in [2.75, 3.05) is 0 Å². The second-order valence-corrected chi connectivity index (χ2v) is 6.50. The van der Waals surface area contributed by atoms with Crippen LogP contribution >= 0.6 is 0 Å². The first-order chi connectivity index (χ1) is 10.8. The van der Waals surface area contributed by atoms with Gasteiger partial charge < -0.3 is 0 Å². The first-order valence-corrected chi connectivity index (χ1v) is 8.91. The van der Waals surface area contributed by atoms with E-state index in [0.717, 1.165) is 6.42 Å². The Bertz CT molecular complexity index is 553. The summed E-state index contributed by atoms with van der Waals surface area (Å²) in [4.78, 5) is 0. The highest BCUT2D eigenvalue weighted by Gasteiger charge is 2.00. The predicted molar refractivity (Wildman–Crippen MR) is 97.5 cm³/mol. The molecule has 0 unspecified atom stereocenters. The molecule has 0 nitrogen and oxygen atoms in total. The van der Waals surface area contributed by atoms with E-state index in [1.165, 1.54) is 67.2 Å². The molecule has 2 aromatic rings. The third-order valence-electron chi connectivity index (χ3n) is 4.30. The fraction of sp³-hybridized carbons (Fsp3) is 0.455. The highest BCUT2D eigenvalue weighted by molar-refractivity contribution is 5.31. The van der Waals surface area contributed by atoms with Gasteiger partial charge >= 0.3 is 0 Å².